The Labute approximate surface area is 100 Å². The van der Waals surface area contributed by atoms with Crippen molar-refractivity contribution in [1.29, 1.82) is 0 Å². The number of ether oxygens (including phenoxy) is 1. The fourth-order valence-electron chi connectivity index (χ4n) is 1.40. The van der Waals surface area contributed by atoms with Crippen LogP contribution in [0.2, 0.25) is 0 Å². The summed E-state index contributed by atoms with van der Waals surface area (Å²) in [5, 5.41) is 8.42. The maximum absolute atomic E-state index is 11.5. The van der Waals surface area contributed by atoms with E-state index in [2.05, 4.69) is 0 Å². The molecule has 1 amide bonds. The van der Waals surface area contributed by atoms with Crippen LogP contribution in [-0.2, 0) is 9.53 Å². The predicted octanol–water partition coefficient (Wildman–Crippen LogP) is 2.15. The highest BCUT2D eigenvalue weighted by Crippen LogP contribution is 2.04. The highest BCUT2D eigenvalue weighted by Gasteiger charge is 2.11. The lowest BCUT2D eigenvalue weighted by Gasteiger charge is -2.17. The van der Waals surface area contributed by atoms with Gasteiger partial charge in [-0.25, -0.2) is 4.79 Å². The van der Waals surface area contributed by atoms with Gasteiger partial charge in [-0.15, -0.1) is 0 Å². The van der Waals surface area contributed by atoms with E-state index in [1.165, 1.54) is 4.90 Å². The Morgan fingerprint density at radius 3 is 2.71 bits per heavy atom. The summed E-state index contributed by atoms with van der Waals surface area (Å²) >= 11 is 0. The third-order valence-electron chi connectivity index (χ3n) is 2.31. The van der Waals surface area contributed by atoms with Gasteiger partial charge in [0.2, 0.25) is 0 Å². The number of unbranched alkanes of at least 4 members (excludes halogenated alkanes) is 2. The number of hydrogen-bond donors (Lipinski definition) is 1. The average molecular weight is 239 g/mol. The lowest BCUT2D eigenvalue weighted by molar-refractivity contribution is -0.137. The van der Waals surface area contributed by atoms with Crippen LogP contribution in [0.15, 0.2) is 24.4 Å². The van der Waals surface area contributed by atoms with E-state index >= 15 is 0 Å². The minimum Gasteiger partial charge on any atom is -0.481 e. The van der Waals surface area contributed by atoms with E-state index in [-0.39, 0.29) is 12.5 Å². The number of carboxylic acids is 1. The summed E-state index contributed by atoms with van der Waals surface area (Å²) in [6, 6.07) is 0. The first-order chi connectivity index (χ1) is 8.20. The Morgan fingerprint density at radius 1 is 1.24 bits per heavy atom. The number of amides is 1. The molecule has 1 N–H and O–H groups in total. The number of carbonyl (C=O) groups excluding carboxylic acids is 1. The zero-order valence-electron chi connectivity index (χ0n) is 9.67. The van der Waals surface area contributed by atoms with Crippen molar-refractivity contribution < 1.29 is 19.4 Å². The van der Waals surface area contributed by atoms with Gasteiger partial charge in [0.05, 0.1) is 6.61 Å². The molecule has 0 saturated carbocycles. The summed E-state index contributed by atoms with van der Waals surface area (Å²) in [6.07, 6.45) is 9.09. The summed E-state index contributed by atoms with van der Waals surface area (Å²) in [7, 11) is 0. The largest absolute Gasteiger partial charge is 0.481 e. The molecular formula is C12H17NO4. The maximum atomic E-state index is 11.5. The molecule has 0 aromatic carbocycles. The first-order valence-corrected chi connectivity index (χ1v) is 5.68. The number of allylic oxidation sites excluding steroid dienone is 2. The molecule has 17 heavy (non-hydrogen) atoms. The first kappa shape index (κ1) is 13.3. The van der Waals surface area contributed by atoms with E-state index in [1.807, 2.05) is 12.2 Å². The van der Waals surface area contributed by atoms with Gasteiger partial charge in [0.1, 0.15) is 0 Å². The van der Waals surface area contributed by atoms with E-state index in [9.17, 15) is 9.59 Å². The number of carboxylic acid groups (broad SMARTS) is 1. The fourth-order valence-corrected chi connectivity index (χ4v) is 1.40. The summed E-state index contributed by atoms with van der Waals surface area (Å²) in [5.74, 6) is -0.785. The third kappa shape index (κ3) is 5.75. The molecule has 0 spiro atoms. The number of rotatable bonds is 6. The van der Waals surface area contributed by atoms with Crippen molar-refractivity contribution in [3.05, 3.63) is 24.4 Å². The second kappa shape index (κ2) is 7.49. The molecule has 0 unspecified atom stereocenters. The molecule has 0 aromatic rings. The van der Waals surface area contributed by atoms with E-state index in [0.717, 1.165) is 6.42 Å². The first-order valence-electron chi connectivity index (χ1n) is 5.68. The Balaban J connectivity index is 2.02. The zero-order valence-corrected chi connectivity index (χ0v) is 9.67. The standard InChI is InChI=1S/C12H17NO4/c14-11(15)7-3-1-6-10-17-12(16)13-8-4-2-5-9-13/h2,4-5,8H,1,3,6-7,9-10H2,(H,14,15). The number of aliphatic carboxylic acids is 1. The van der Waals surface area contributed by atoms with Gasteiger partial charge in [0, 0.05) is 19.2 Å². The van der Waals surface area contributed by atoms with Crippen LogP contribution in [0.3, 0.4) is 0 Å². The Hall–Kier alpha value is -1.78. The molecule has 0 fully saturated rings. The van der Waals surface area contributed by atoms with Crippen molar-refractivity contribution in [3.8, 4) is 0 Å². The predicted molar refractivity (Wildman–Crippen MR) is 62.4 cm³/mol. The highest BCUT2D eigenvalue weighted by atomic mass is 16.6. The molecule has 0 aliphatic carbocycles. The number of nitrogens with zero attached hydrogens (tertiary/aromatic N) is 1. The van der Waals surface area contributed by atoms with Gasteiger partial charge in [-0.05, 0) is 25.3 Å². The molecule has 5 heteroatoms. The van der Waals surface area contributed by atoms with Gasteiger partial charge in [0.25, 0.3) is 0 Å². The van der Waals surface area contributed by atoms with Crippen LogP contribution in [0.5, 0.6) is 0 Å². The van der Waals surface area contributed by atoms with E-state index in [0.29, 0.717) is 26.0 Å². The fraction of sp³-hybridized carbons (Fsp3) is 0.500. The van der Waals surface area contributed by atoms with E-state index in [1.54, 1.807) is 12.3 Å². The quantitative estimate of drug-likeness (QED) is 0.721. The lowest BCUT2D eigenvalue weighted by atomic mass is 10.2. The molecule has 0 radical (unpaired) electrons. The van der Waals surface area contributed by atoms with Crippen molar-refractivity contribution in [3.63, 3.8) is 0 Å². The monoisotopic (exact) mass is 239 g/mol. The second-order valence-electron chi connectivity index (χ2n) is 3.74. The van der Waals surface area contributed by atoms with Crippen LogP contribution in [0.4, 0.5) is 4.79 Å². The Morgan fingerprint density at radius 2 is 2.06 bits per heavy atom. The molecule has 1 heterocycles. The SMILES string of the molecule is O=C(O)CCCCCOC(=O)N1C=CC=CC1. The topological polar surface area (TPSA) is 66.8 Å². The minimum atomic E-state index is -0.785. The number of carbonyl (C=O) groups is 2. The molecule has 5 nitrogen and oxygen atoms in total. The highest BCUT2D eigenvalue weighted by molar-refractivity contribution is 5.69. The minimum absolute atomic E-state index is 0.174. The van der Waals surface area contributed by atoms with Crippen LogP contribution in [0.1, 0.15) is 25.7 Å². The summed E-state index contributed by atoms with van der Waals surface area (Å²) < 4.78 is 5.04. The van der Waals surface area contributed by atoms with Crippen LogP contribution in [-0.4, -0.2) is 35.2 Å². The smallest absolute Gasteiger partial charge is 0.414 e. The van der Waals surface area contributed by atoms with Crippen molar-refractivity contribution in [2.45, 2.75) is 25.7 Å². The van der Waals surface area contributed by atoms with Crippen molar-refractivity contribution in [1.82, 2.24) is 4.90 Å². The van der Waals surface area contributed by atoms with Gasteiger partial charge in [0.15, 0.2) is 0 Å². The molecule has 94 valence electrons. The van der Waals surface area contributed by atoms with Gasteiger partial charge >= 0.3 is 12.1 Å². The molecule has 0 atom stereocenters. The van der Waals surface area contributed by atoms with E-state index < -0.39 is 5.97 Å². The molecule has 1 aliphatic rings. The zero-order chi connectivity index (χ0) is 12.5. The van der Waals surface area contributed by atoms with Gasteiger partial charge < -0.3 is 9.84 Å². The molecule has 1 aliphatic heterocycles. The van der Waals surface area contributed by atoms with Crippen LogP contribution in [0.25, 0.3) is 0 Å². The Bertz CT molecular complexity index is 322. The average Bonchev–Trinajstić information content (AvgIpc) is 2.34. The van der Waals surface area contributed by atoms with Crippen LogP contribution in [0, 0.1) is 0 Å². The molecule has 0 aromatic heterocycles. The molecule has 1 rings (SSSR count). The van der Waals surface area contributed by atoms with Crippen LogP contribution >= 0.6 is 0 Å². The third-order valence-corrected chi connectivity index (χ3v) is 2.31. The van der Waals surface area contributed by atoms with Gasteiger partial charge in [-0.2, -0.15) is 0 Å². The lowest BCUT2D eigenvalue weighted by Crippen LogP contribution is -2.27. The van der Waals surface area contributed by atoms with Crippen molar-refractivity contribution in [2.24, 2.45) is 0 Å². The van der Waals surface area contributed by atoms with Crippen molar-refractivity contribution in [2.75, 3.05) is 13.2 Å². The summed E-state index contributed by atoms with van der Waals surface area (Å²) in [4.78, 5) is 23.2. The Kier molecular flexibility index (Phi) is 5.85. The van der Waals surface area contributed by atoms with Gasteiger partial charge in [-0.3, -0.25) is 9.69 Å². The second-order valence-corrected chi connectivity index (χ2v) is 3.74. The summed E-state index contributed by atoms with van der Waals surface area (Å²) in [5.41, 5.74) is 0. The van der Waals surface area contributed by atoms with E-state index in [4.69, 9.17) is 9.84 Å². The number of hydrogen-bond acceptors (Lipinski definition) is 3. The van der Waals surface area contributed by atoms with Gasteiger partial charge in [-0.1, -0.05) is 12.2 Å². The normalized spacial score (nSPS) is 13.8. The summed E-state index contributed by atoms with van der Waals surface area (Å²) in [6.45, 7) is 0.876. The molecule has 0 saturated heterocycles. The molecular weight excluding hydrogens is 222 g/mol. The maximum Gasteiger partial charge on any atom is 0.414 e. The molecule has 0 bridgehead atoms. The van der Waals surface area contributed by atoms with Crippen LogP contribution < -0.4 is 0 Å². The van der Waals surface area contributed by atoms with Crippen molar-refractivity contribution >= 4 is 12.1 Å².